The molecule has 1 aromatic rings. The van der Waals surface area contributed by atoms with E-state index in [0.717, 1.165) is 24.3 Å². The van der Waals surface area contributed by atoms with Crippen molar-refractivity contribution in [2.24, 2.45) is 5.92 Å². The molecule has 4 nitrogen and oxygen atoms in total. The number of carbonyl (C=O) groups is 1. The van der Waals surface area contributed by atoms with Gasteiger partial charge in [-0.25, -0.2) is 4.79 Å². The second-order valence-electron chi connectivity index (χ2n) is 4.56. The van der Waals surface area contributed by atoms with E-state index in [1.165, 1.54) is 11.8 Å². The monoisotopic (exact) mass is 267 g/mol. The highest BCUT2D eigenvalue weighted by Crippen LogP contribution is 2.30. The molecule has 1 aliphatic carbocycles. The summed E-state index contributed by atoms with van der Waals surface area (Å²) in [6.07, 6.45) is 3.30. The molecule has 2 rings (SSSR count). The van der Waals surface area contributed by atoms with Crippen LogP contribution in [0, 0.1) is 5.92 Å². The van der Waals surface area contributed by atoms with Crippen LogP contribution in [0.2, 0.25) is 0 Å². The molecule has 18 heavy (non-hydrogen) atoms. The maximum atomic E-state index is 11.3. The largest absolute Gasteiger partial charge is 0.478 e. The van der Waals surface area contributed by atoms with Crippen LogP contribution in [0.15, 0.2) is 23.1 Å². The Morgan fingerprint density at radius 2 is 2.22 bits per heavy atom. The number of rotatable bonds is 5. The third kappa shape index (κ3) is 2.79. The minimum atomic E-state index is -0.906. The number of hydrogen-bond acceptors (Lipinski definition) is 4. The Morgan fingerprint density at radius 3 is 2.78 bits per heavy atom. The fourth-order valence-electron chi connectivity index (χ4n) is 2.19. The van der Waals surface area contributed by atoms with Crippen LogP contribution in [-0.2, 0) is 0 Å². The van der Waals surface area contributed by atoms with Gasteiger partial charge in [0, 0.05) is 17.1 Å². The Hall–Kier alpha value is -1.20. The van der Waals surface area contributed by atoms with Crippen LogP contribution in [0.5, 0.6) is 0 Å². The molecule has 1 aromatic carbocycles. The lowest BCUT2D eigenvalue weighted by Crippen LogP contribution is -2.33. The van der Waals surface area contributed by atoms with Gasteiger partial charge in [-0.2, -0.15) is 0 Å². The van der Waals surface area contributed by atoms with Gasteiger partial charge in [-0.3, -0.25) is 0 Å². The minimum absolute atomic E-state index is 0.173. The highest BCUT2D eigenvalue weighted by molar-refractivity contribution is 7.98. The van der Waals surface area contributed by atoms with Gasteiger partial charge in [0.05, 0.1) is 11.7 Å². The number of carboxylic acid groups (broad SMARTS) is 1. The zero-order valence-corrected chi connectivity index (χ0v) is 11.0. The molecule has 0 aromatic heterocycles. The maximum absolute atomic E-state index is 11.3. The van der Waals surface area contributed by atoms with Crippen molar-refractivity contribution in [2.75, 3.05) is 18.1 Å². The van der Waals surface area contributed by atoms with Crippen molar-refractivity contribution < 1.29 is 15.0 Å². The first-order valence-corrected chi connectivity index (χ1v) is 7.16. The predicted octanol–water partition coefficient (Wildman–Crippen LogP) is 2.29. The molecule has 98 valence electrons. The Bertz CT molecular complexity index is 444. The number of thioether (sulfide) groups is 1. The summed E-state index contributed by atoms with van der Waals surface area (Å²) in [5, 5.41) is 21.7. The van der Waals surface area contributed by atoms with Crippen LogP contribution >= 0.6 is 11.8 Å². The standard InChI is InChI=1S/C13H17NO3S/c1-18-11-4-2-3-10(12(11)13(16)17)14-7-8-5-9(15)6-8/h2-4,8-9,14-15H,5-7H2,1H3,(H,16,17). The van der Waals surface area contributed by atoms with Gasteiger partial charge in [-0.1, -0.05) is 6.07 Å². The molecule has 5 heteroatoms. The van der Waals surface area contributed by atoms with Crippen LogP contribution in [0.1, 0.15) is 23.2 Å². The molecule has 1 fully saturated rings. The molecule has 0 radical (unpaired) electrons. The second kappa shape index (κ2) is 5.63. The van der Waals surface area contributed by atoms with Crippen molar-refractivity contribution in [3.05, 3.63) is 23.8 Å². The summed E-state index contributed by atoms with van der Waals surface area (Å²) < 4.78 is 0. The highest BCUT2D eigenvalue weighted by atomic mass is 32.2. The van der Waals surface area contributed by atoms with Crippen molar-refractivity contribution in [2.45, 2.75) is 23.8 Å². The van der Waals surface area contributed by atoms with Gasteiger partial charge in [-0.05, 0) is 37.1 Å². The Morgan fingerprint density at radius 1 is 1.50 bits per heavy atom. The summed E-state index contributed by atoms with van der Waals surface area (Å²) in [5.41, 5.74) is 1.00. The average molecular weight is 267 g/mol. The second-order valence-corrected chi connectivity index (χ2v) is 5.41. The minimum Gasteiger partial charge on any atom is -0.478 e. The molecule has 1 saturated carbocycles. The van der Waals surface area contributed by atoms with E-state index in [4.69, 9.17) is 0 Å². The van der Waals surface area contributed by atoms with E-state index in [1.54, 1.807) is 6.07 Å². The molecule has 0 aliphatic heterocycles. The van der Waals surface area contributed by atoms with Crippen LogP contribution in [-0.4, -0.2) is 35.1 Å². The first-order chi connectivity index (χ1) is 8.61. The van der Waals surface area contributed by atoms with Gasteiger partial charge in [-0.15, -0.1) is 11.8 Å². The summed E-state index contributed by atoms with van der Waals surface area (Å²) in [7, 11) is 0. The SMILES string of the molecule is CSc1cccc(NCC2CC(O)C2)c1C(=O)O. The Labute approximate surface area is 110 Å². The number of carboxylic acids is 1. The smallest absolute Gasteiger partial charge is 0.338 e. The molecule has 0 heterocycles. The molecule has 0 amide bonds. The number of benzene rings is 1. The molecule has 0 unspecified atom stereocenters. The third-order valence-electron chi connectivity index (χ3n) is 3.25. The molecule has 1 aliphatic rings. The van der Waals surface area contributed by atoms with Crippen molar-refractivity contribution in [1.82, 2.24) is 0 Å². The normalized spacial score (nSPS) is 22.3. The molecule has 0 spiro atoms. The van der Waals surface area contributed by atoms with Crippen LogP contribution in [0.3, 0.4) is 0 Å². The summed E-state index contributed by atoms with van der Waals surface area (Å²) in [6.45, 7) is 0.717. The summed E-state index contributed by atoms with van der Waals surface area (Å²) in [4.78, 5) is 12.1. The number of anilines is 1. The van der Waals surface area contributed by atoms with Gasteiger partial charge in [0.1, 0.15) is 0 Å². The number of aromatic carboxylic acids is 1. The molecule has 3 N–H and O–H groups in total. The maximum Gasteiger partial charge on any atom is 0.338 e. The van der Waals surface area contributed by atoms with Crippen LogP contribution in [0.4, 0.5) is 5.69 Å². The number of aliphatic hydroxyl groups excluding tert-OH is 1. The fraction of sp³-hybridized carbons (Fsp3) is 0.462. The quantitative estimate of drug-likeness (QED) is 0.714. The predicted molar refractivity (Wildman–Crippen MR) is 72.4 cm³/mol. The van der Waals surface area contributed by atoms with E-state index < -0.39 is 5.97 Å². The average Bonchev–Trinajstić information content (AvgIpc) is 2.32. The first-order valence-electron chi connectivity index (χ1n) is 5.94. The Balaban J connectivity index is 2.09. The number of hydrogen-bond donors (Lipinski definition) is 3. The van der Waals surface area contributed by atoms with Gasteiger partial charge < -0.3 is 15.5 Å². The van der Waals surface area contributed by atoms with Gasteiger partial charge in [0.15, 0.2) is 0 Å². The van der Waals surface area contributed by atoms with Gasteiger partial charge in [0.2, 0.25) is 0 Å². The lowest BCUT2D eigenvalue weighted by molar-refractivity contribution is 0.0486. The molecular formula is C13H17NO3S. The highest BCUT2D eigenvalue weighted by Gasteiger charge is 2.27. The van der Waals surface area contributed by atoms with Crippen LogP contribution < -0.4 is 5.32 Å². The summed E-state index contributed by atoms with van der Waals surface area (Å²) >= 11 is 1.43. The van der Waals surface area contributed by atoms with Crippen molar-refractivity contribution >= 4 is 23.4 Å². The van der Waals surface area contributed by atoms with E-state index in [0.29, 0.717) is 17.2 Å². The Kier molecular flexibility index (Phi) is 4.14. The van der Waals surface area contributed by atoms with E-state index in [1.807, 2.05) is 18.4 Å². The number of aliphatic hydroxyl groups is 1. The molecular weight excluding hydrogens is 250 g/mol. The van der Waals surface area contributed by atoms with E-state index in [-0.39, 0.29) is 6.10 Å². The van der Waals surface area contributed by atoms with Crippen LogP contribution in [0.25, 0.3) is 0 Å². The van der Waals surface area contributed by atoms with E-state index in [2.05, 4.69) is 5.32 Å². The number of nitrogens with one attached hydrogen (secondary N) is 1. The van der Waals surface area contributed by atoms with Crippen molar-refractivity contribution in [3.8, 4) is 0 Å². The van der Waals surface area contributed by atoms with E-state index >= 15 is 0 Å². The lowest BCUT2D eigenvalue weighted by atomic mass is 9.82. The van der Waals surface area contributed by atoms with Gasteiger partial charge in [0.25, 0.3) is 0 Å². The third-order valence-corrected chi connectivity index (χ3v) is 4.03. The lowest BCUT2D eigenvalue weighted by Gasteiger charge is -2.31. The van der Waals surface area contributed by atoms with Gasteiger partial charge >= 0.3 is 5.97 Å². The molecule has 0 saturated heterocycles. The summed E-state index contributed by atoms with van der Waals surface area (Å²) in [6, 6.07) is 5.46. The fourth-order valence-corrected chi connectivity index (χ4v) is 2.81. The van der Waals surface area contributed by atoms with E-state index in [9.17, 15) is 15.0 Å². The molecule has 0 atom stereocenters. The van der Waals surface area contributed by atoms with Crippen molar-refractivity contribution in [1.29, 1.82) is 0 Å². The first kappa shape index (κ1) is 13.2. The van der Waals surface area contributed by atoms with Crippen molar-refractivity contribution in [3.63, 3.8) is 0 Å². The molecule has 0 bridgehead atoms. The summed E-state index contributed by atoms with van der Waals surface area (Å²) in [5.74, 6) is -0.462. The zero-order valence-electron chi connectivity index (χ0n) is 10.2. The zero-order chi connectivity index (χ0) is 13.1. The topological polar surface area (TPSA) is 69.6 Å².